The summed E-state index contributed by atoms with van der Waals surface area (Å²) in [6.45, 7) is 7.30. The Hall–Kier alpha value is -1.55. The first kappa shape index (κ1) is 14.9. The van der Waals surface area contributed by atoms with E-state index in [0.29, 0.717) is 6.54 Å². The first-order valence-corrected chi connectivity index (χ1v) is 7.18. The van der Waals surface area contributed by atoms with E-state index >= 15 is 0 Å². The molecule has 2 rings (SSSR count). The van der Waals surface area contributed by atoms with Crippen molar-refractivity contribution in [2.45, 2.75) is 40.3 Å². The lowest BCUT2D eigenvalue weighted by atomic mass is 10.2. The van der Waals surface area contributed by atoms with Crippen LogP contribution in [0.2, 0.25) is 5.02 Å². The van der Waals surface area contributed by atoms with E-state index in [0.717, 1.165) is 40.6 Å². The summed E-state index contributed by atoms with van der Waals surface area (Å²) >= 11 is 6.36. The molecule has 20 heavy (non-hydrogen) atoms. The number of halogens is 2. The first-order valence-electron chi connectivity index (χ1n) is 6.80. The van der Waals surface area contributed by atoms with Crippen molar-refractivity contribution in [3.63, 3.8) is 0 Å². The zero-order chi connectivity index (χ0) is 14.7. The Balaban J connectivity index is 2.20. The van der Waals surface area contributed by atoms with Crippen molar-refractivity contribution in [3.8, 4) is 0 Å². The monoisotopic (exact) mass is 295 g/mol. The van der Waals surface area contributed by atoms with Gasteiger partial charge in [0.2, 0.25) is 0 Å². The maximum Gasteiger partial charge on any atom is 0.123 e. The lowest BCUT2D eigenvalue weighted by Gasteiger charge is -2.11. The van der Waals surface area contributed by atoms with Gasteiger partial charge in [0, 0.05) is 12.2 Å². The lowest BCUT2D eigenvalue weighted by Crippen LogP contribution is -2.09. The minimum atomic E-state index is -0.224. The molecule has 2 aromatic rings. The number of benzene rings is 1. The smallest absolute Gasteiger partial charge is 0.123 e. The molecule has 108 valence electrons. The van der Waals surface area contributed by atoms with Gasteiger partial charge in [0.1, 0.15) is 5.82 Å². The van der Waals surface area contributed by atoms with E-state index in [4.69, 9.17) is 11.6 Å². The van der Waals surface area contributed by atoms with Crippen LogP contribution in [0.15, 0.2) is 18.2 Å². The van der Waals surface area contributed by atoms with Crippen molar-refractivity contribution in [3.05, 3.63) is 46.0 Å². The van der Waals surface area contributed by atoms with Gasteiger partial charge in [-0.05, 0) is 44.0 Å². The van der Waals surface area contributed by atoms with Gasteiger partial charge < -0.3 is 5.32 Å². The van der Waals surface area contributed by atoms with Crippen molar-refractivity contribution >= 4 is 17.3 Å². The van der Waals surface area contributed by atoms with Gasteiger partial charge in [-0.3, -0.25) is 4.68 Å². The molecule has 3 nitrogen and oxygen atoms in total. The van der Waals surface area contributed by atoms with Crippen LogP contribution in [0.25, 0.3) is 0 Å². The summed E-state index contributed by atoms with van der Waals surface area (Å²) in [5, 5.41) is 8.50. The predicted molar refractivity (Wildman–Crippen MR) is 80.8 cm³/mol. The van der Waals surface area contributed by atoms with E-state index in [9.17, 15) is 4.39 Å². The number of rotatable bonds is 5. The number of aryl methyl sites for hydroxylation is 3. The highest BCUT2D eigenvalue weighted by molar-refractivity contribution is 6.31. The fraction of sp³-hybridized carbons (Fsp3) is 0.400. The summed E-state index contributed by atoms with van der Waals surface area (Å²) in [6, 6.07) is 4.70. The minimum absolute atomic E-state index is 0.224. The first-order chi connectivity index (χ1) is 9.56. The van der Waals surface area contributed by atoms with Crippen molar-refractivity contribution in [2.24, 2.45) is 0 Å². The Morgan fingerprint density at radius 3 is 2.70 bits per heavy atom. The Kier molecular flexibility index (Phi) is 4.65. The molecule has 0 amide bonds. The number of hydrogen-bond acceptors (Lipinski definition) is 2. The van der Waals surface area contributed by atoms with Gasteiger partial charge in [-0.1, -0.05) is 18.5 Å². The maximum absolute atomic E-state index is 13.1. The molecule has 5 heteroatoms. The second kappa shape index (κ2) is 6.27. The normalized spacial score (nSPS) is 10.8. The van der Waals surface area contributed by atoms with Gasteiger partial charge in [0.25, 0.3) is 0 Å². The van der Waals surface area contributed by atoms with E-state index in [1.807, 2.05) is 25.5 Å². The molecule has 1 aromatic heterocycles. The van der Waals surface area contributed by atoms with Crippen LogP contribution in [0.1, 0.15) is 30.8 Å². The molecule has 0 unspecified atom stereocenters. The van der Waals surface area contributed by atoms with Crippen LogP contribution >= 0.6 is 11.6 Å². The lowest BCUT2D eigenvalue weighted by molar-refractivity contribution is 0.618. The van der Waals surface area contributed by atoms with Gasteiger partial charge in [-0.15, -0.1) is 0 Å². The van der Waals surface area contributed by atoms with Gasteiger partial charge in [0.15, 0.2) is 0 Å². The Morgan fingerprint density at radius 2 is 2.10 bits per heavy atom. The molecule has 1 N–H and O–H groups in total. The molecule has 1 aromatic carbocycles. The molecule has 0 spiro atoms. The highest BCUT2D eigenvalue weighted by Gasteiger charge is 2.14. The topological polar surface area (TPSA) is 29.9 Å². The largest absolute Gasteiger partial charge is 0.379 e. The third kappa shape index (κ3) is 2.96. The van der Waals surface area contributed by atoms with Crippen molar-refractivity contribution in [1.29, 1.82) is 0 Å². The molecule has 0 aliphatic heterocycles. The number of hydrogen-bond donors (Lipinski definition) is 1. The molecule has 0 fully saturated rings. The Bertz CT molecular complexity index is 607. The molecule has 0 bridgehead atoms. The quantitative estimate of drug-likeness (QED) is 0.897. The molecule has 0 saturated carbocycles. The van der Waals surface area contributed by atoms with Crippen molar-refractivity contribution in [1.82, 2.24) is 9.78 Å². The number of nitrogens with zero attached hydrogens (tertiary/aromatic N) is 2. The average molecular weight is 296 g/mol. The van der Waals surface area contributed by atoms with Crippen LogP contribution in [-0.4, -0.2) is 9.78 Å². The summed E-state index contributed by atoms with van der Waals surface area (Å²) in [5.74, 6) is -0.224. The summed E-state index contributed by atoms with van der Waals surface area (Å²) in [5.41, 5.74) is 3.67. The number of anilines is 1. The summed E-state index contributed by atoms with van der Waals surface area (Å²) in [4.78, 5) is 0. The van der Waals surface area contributed by atoms with Crippen molar-refractivity contribution < 1.29 is 4.39 Å². The van der Waals surface area contributed by atoms with Gasteiger partial charge in [-0.2, -0.15) is 5.10 Å². The Morgan fingerprint density at radius 1 is 1.35 bits per heavy atom. The van der Waals surface area contributed by atoms with Crippen LogP contribution in [0.5, 0.6) is 0 Å². The van der Waals surface area contributed by atoms with Gasteiger partial charge >= 0.3 is 0 Å². The van der Waals surface area contributed by atoms with Crippen LogP contribution in [0.4, 0.5) is 10.1 Å². The summed E-state index contributed by atoms with van der Waals surface area (Å²) < 4.78 is 15.0. The third-order valence-corrected chi connectivity index (χ3v) is 3.77. The second-order valence-electron chi connectivity index (χ2n) is 4.69. The zero-order valence-electron chi connectivity index (χ0n) is 12.0. The molecule has 1 heterocycles. The van der Waals surface area contributed by atoms with Gasteiger partial charge in [0.05, 0.1) is 23.0 Å². The van der Waals surface area contributed by atoms with E-state index in [2.05, 4.69) is 10.4 Å². The van der Waals surface area contributed by atoms with Crippen LogP contribution in [0.3, 0.4) is 0 Å². The van der Waals surface area contributed by atoms with Gasteiger partial charge in [-0.25, -0.2) is 4.39 Å². The van der Waals surface area contributed by atoms with Crippen molar-refractivity contribution in [2.75, 3.05) is 5.32 Å². The average Bonchev–Trinajstić information content (AvgIpc) is 2.74. The summed E-state index contributed by atoms with van der Waals surface area (Å²) in [6.07, 6.45) is 0.814. The zero-order valence-corrected chi connectivity index (χ0v) is 12.8. The number of aromatic nitrogens is 2. The molecule has 0 saturated heterocycles. The van der Waals surface area contributed by atoms with Crippen LogP contribution in [0, 0.1) is 12.7 Å². The molecular formula is C15H19ClFN3. The van der Waals surface area contributed by atoms with Crippen LogP contribution < -0.4 is 5.32 Å². The fourth-order valence-corrected chi connectivity index (χ4v) is 2.53. The molecular weight excluding hydrogens is 277 g/mol. The Labute approximate surface area is 123 Å². The maximum atomic E-state index is 13.1. The number of nitrogens with one attached hydrogen (secondary N) is 1. The molecule has 0 radical (unpaired) electrons. The predicted octanol–water partition coefficient (Wildman–Crippen LogP) is 4.18. The highest BCUT2D eigenvalue weighted by atomic mass is 35.5. The minimum Gasteiger partial charge on any atom is -0.379 e. The van der Waals surface area contributed by atoms with Crippen LogP contribution in [-0.2, 0) is 19.5 Å². The third-order valence-electron chi connectivity index (χ3n) is 3.33. The molecule has 0 aliphatic carbocycles. The highest BCUT2D eigenvalue weighted by Crippen LogP contribution is 2.23. The van der Waals surface area contributed by atoms with E-state index in [-0.39, 0.29) is 5.82 Å². The van der Waals surface area contributed by atoms with E-state index < -0.39 is 0 Å². The summed E-state index contributed by atoms with van der Waals surface area (Å²) in [7, 11) is 0. The molecule has 0 aliphatic rings. The van der Waals surface area contributed by atoms with E-state index in [1.54, 1.807) is 6.07 Å². The fourth-order valence-electron chi connectivity index (χ4n) is 2.19. The standard InChI is InChI=1S/C15H19ClFN3/c1-4-12-15(16)14(20(5-2)19-12)9-18-13-7-6-11(17)8-10(13)3/h6-8,18H,4-5,9H2,1-3H3. The molecule has 0 atom stereocenters. The SMILES string of the molecule is CCc1nn(CC)c(CNc2ccc(F)cc2C)c1Cl. The van der Waals surface area contributed by atoms with E-state index in [1.165, 1.54) is 12.1 Å². The second-order valence-corrected chi connectivity index (χ2v) is 5.07.